The summed E-state index contributed by atoms with van der Waals surface area (Å²) < 4.78 is 17.7. The van der Waals surface area contributed by atoms with E-state index in [1.54, 1.807) is 0 Å². The molecular formula is C29H54O4. The van der Waals surface area contributed by atoms with Crippen LogP contribution >= 0.6 is 0 Å². The molecule has 0 aromatic heterocycles. The summed E-state index contributed by atoms with van der Waals surface area (Å²) in [4.78, 5) is 12.2. The maximum atomic E-state index is 12.2. The molecule has 4 heteroatoms. The third-order valence-electron chi connectivity index (χ3n) is 5.86. The molecule has 0 amide bonds. The minimum Gasteiger partial charge on any atom is -0.463 e. The van der Waals surface area contributed by atoms with Gasteiger partial charge in [0.2, 0.25) is 0 Å². The van der Waals surface area contributed by atoms with Crippen LogP contribution in [0.3, 0.4) is 0 Å². The lowest BCUT2D eigenvalue weighted by Crippen LogP contribution is -2.23. The Morgan fingerprint density at radius 3 is 1.64 bits per heavy atom. The third-order valence-corrected chi connectivity index (χ3v) is 5.86. The highest BCUT2D eigenvalue weighted by Gasteiger charge is 2.16. The maximum Gasteiger partial charge on any atom is 0.306 e. The van der Waals surface area contributed by atoms with Gasteiger partial charge in [0.05, 0.1) is 12.5 Å². The van der Waals surface area contributed by atoms with Gasteiger partial charge in [-0.05, 0) is 91.4 Å². The Morgan fingerprint density at radius 2 is 1.21 bits per heavy atom. The third kappa shape index (κ3) is 21.2. The molecule has 0 aromatic carbocycles. The summed E-state index contributed by atoms with van der Waals surface area (Å²) in [6, 6.07) is 0. The summed E-state index contributed by atoms with van der Waals surface area (Å²) in [6.07, 6.45) is 13.6. The van der Waals surface area contributed by atoms with Crippen molar-refractivity contribution in [2.75, 3.05) is 13.2 Å². The molecule has 0 aliphatic heterocycles. The lowest BCUT2D eigenvalue weighted by atomic mass is 10.0. The van der Waals surface area contributed by atoms with Gasteiger partial charge < -0.3 is 14.2 Å². The smallest absolute Gasteiger partial charge is 0.306 e. The van der Waals surface area contributed by atoms with Gasteiger partial charge in [0.1, 0.15) is 0 Å². The first-order chi connectivity index (χ1) is 15.6. The van der Waals surface area contributed by atoms with E-state index < -0.39 is 0 Å². The highest BCUT2D eigenvalue weighted by Crippen LogP contribution is 2.16. The van der Waals surface area contributed by atoms with E-state index in [9.17, 15) is 4.79 Å². The first kappa shape index (κ1) is 31.9. The summed E-state index contributed by atoms with van der Waals surface area (Å²) in [7, 11) is 0. The van der Waals surface area contributed by atoms with E-state index in [1.807, 2.05) is 6.92 Å². The van der Waals surface area contributed by atoms with E-state index >= 15 is 0 Å². The first-order valence-electron chi connectivity index (χ1n) is 13.3. The van der Waals surface area contributed by atoms with Crippen LogP contribution in [-0.4, -0.2) is 31.6 Å². The van der Waals surface area contributed by atoms with E-state index in [4.69, 9.17) is 14.2 Å². The minimum absolute atomic E-state index is 0.0221. The molecule has 33 heavy (non-hydrogen) atoms. The van der Waals surface area contributed by atoms with Crippen LogP contribution < -0.4 is 0 Å². The zero-order chi connectivity index (χ0) is 25.1. The largest absolute Gasteiger partial charge is 0.463 e. The minimum atomic E-state index is -0.339. The Labute approximate surface area is 205 Å². The van der Waals surface area contributed by atoms with Gasteiger partial charge in [-0.2, -0.15) is 0 Å². The second kappa shape index (κ2) is 20.3. The molecule has 0 fully saturated rings. The zero-order valence-corrected chi connectivity index (χ0v) is 23.1. The summed E-state index contributed by atoms with van der Waals surface area (Å²) in [5, 5.41) is 0. The highest BCUT2D eigenvalue weighted by molar-refractivity contribution is 5.69. The van der Waals surface area contributed by atoms with Crippen LogP contribution in [0.25, 0.3) is 0 Å². The molecular weight excluding hydrogens is 412 g/mol. The van der Waals surface area contributed by atoms with Gasteiger partial charge in [-0.3, -0.25) is 4.79 Å². The molecule has 0 saturated heterocycles. The fourth-order valence-corrected chi connectivity index (χ4v) is 3.60. The number of hydrogen-bond donors (Lipinski definition) is 0. The van der Waals surface area contributed by atoms with Crippen molar-refractivity contribution in [2.45, 2.75) is 132 Å². The number of rotatable bonds is 20. The van der Waals surface area contributed by atoms with E-state index in [-0.39, 0.29) is 18.4 Å². The summed E-state index contributed by atoms with van der Waals surface area (Å²) in [5.41, 5.74) is 2.75. The Balaban J connectivity index is 4.48. The van der Waals surface area contributed by atoms with E-state index in [2.05, 4.69) is 60.6 Å². The molecule has 0 bridgehead atoms. The van der Waals surface area contributed by atoms with Crippen molar-refractivity contribution in [2.24, 2.45) is 11.8 Å². The SMILES string of the molecule is CCCC(C)OC(=O)CCC(OCCC(C)CCC=C(C)C)OCCC(C)CCC=C(C)C. The molecule has 0 saturated carbocycles. The predicted octanol–water partition coefficient (Wildman–Crippen LogP) is 8.40. The number of esters is 1. The summed E-state index contributed by atoms with van der Waals surface area (Å²) in [5.74, 6) is 1.06. The lowest BCUT2D eigenvalue weighted by molar-refractivity contribution is -0.163. The molecule has 3 unspecified atom stereocenters. The molecule has 0 spiro atoms. The fraction of sp³-hybridized carbons (Fsp3) is 0.828. The van der Waals surface area contributed by atoms with Gasteiger partial charge in [-0.15, -0.1) is 0 Å². The molecule has 0 rings (SSSR count). The number of carbonyl (C=O) groups excluding carboxylic acids is 1. The molecule has 0 aliphatic carbocycles. The number of ether oxygens (including phenoxy) is 3. The average molecular weight is 467 g/mol. The van der Waals surface area contributed by atoms with E-state index in [0.29, 0.717) is 37.9 Å². The number of allylic oxidation sites excluding steroid dienone is 4. The number of hydrogen-bond acceptors (Lipinski definition) is 4. The van der Waals surface area contributed by atoms with Crippen molar-refractivity contribution in [3.63, 3.8) is 0 Å². The number of carbonyl (C=O) groups is 1. The van der Waals surface area contributed by atoms with Crippen LogP contribution in [0, 0.1) is 11.8 Å². The van der Waals surface area contributed by atoms with Crippen LogP contribution in [0.2, 0.25) is 0 Å². The van der Waals surface area contributed by atoms with Crippen LogP contribution in [0.4, 0.5) is 0 Å². The van der Waals surface area contributed by atoms with Crippen molar-refractivity contribution in [3.05, 3.63) is 23.3 Å². The topological polar surface area (TPSA) is 44.8 Å². The summed E-state index contributed by atoms with van der Waals surface area (Å²) in [6.45, 7) is 18.5. The molecule has 194 valence electrons. The monoisotopic (exact) mass is 466 g/mol. The Kier molecular flexibility index (Phi) is 19.6. The van der Waals surface area contributed by atoms with Crippen LogP contribution in [0.15, 0.2) is 23.3 Å². The molecule has 4 nitrogen and oxygen atoms in total. The normalized spacial score (nSPS) is 14.8. The van der Waals surface area contributed by atoms with Gasteiger partial charge >= 0.3 is 5.97 Å². The predicted molar refractivity (Wildman–Crippen MR) is 140 cm³/mol. The van der Waals surface area contributed by atoms with Crippen molar-refractivity contribution in [1.82, 2.24) is 0 Å². The van der Waals surface area contributed by atoms with Crippen LogP contribution in [0.1, 0.15) is 120 Å². The average Bonchev–Trinajstić information content (AvgIpc) is 2.71. The second-order valence-corrected chi connectivity index (χ2v) is 10.3. The second-order valence-electron chi connectivity index (χ2n) is 10.3. The summed E-state index contributed by atoms with van der Waals surface area (Å²) >= 11 is 0. The van der Waals surface area contributed by atoms with Gasteiger partial charge in [0, 0.05) is 19.6 Å². The Bertz CT molecular complexity index is 510. The fourth-order valence-electron chi connectivity index (χ4n) is 3.60. The Morgan fingerprint density at radius 1 is 0.727 bits per heavy atom. The van der Waals surface area contributed by atoms with Crippen molar-refractivity contribution < 1.29 is 19.0 Å². The first-order valence-corrected chi connectivity index (χ1v) is 13.3. The standard InChI is InChI=1S/C29H54O4/c1-9-12-27(8)33-28(30)17-18-29(31-21-19-25(6)15-10-13-23(2)3)32-22-20-26(7)16-11-14-24(4)5/h13-14,25-27,29H,9-12,15-22H2,1-8H3. The van der Waals surface area contributed by atoms with Crippen molar-refractivity contribution in [3.8, 4) is 0 Å². The molecule has 0 aliphatic rings. The van der Waals surface area contributed by atoms with Crippen LogP contribution in [-0.2, 0) is 19.0 Å². The van der Waals surface area contributed by atoms with E-state index in [0.717, 1.165) is 38.5 Å². The maximum absolute atomic E-state index is 12.2. The molecule has 0 radical (unpaired) electrons. The van der Waals surface area contributed by atoms with E-state index in [1.165, 1.54) is 24.0 Å². The molecule has 0 aromatic rings. The van der Waals surface area contributed by atoms with Crippen molar-refractivity contribution in [1.29, 1.82) is 0 Å². The molecule has 0 heterocycles. The van der Waals surface area contributed by atoms with Crippen molar-refractivity contribution >= 4 is 5.97 Å². The lowest BCUT2D eigenvalue weighted by Gasteiger charge is -2.21. The van der Waals surface area contributed by atoms with Gasteiger partial charge in [0.15, 0.2) is 6.29 Å². The van der Waals surface area contributed by atoms with Gasteiger partial charge in [-0.1, -0.05) is 50.5 Å². The molecule has 0 N–H and O–H groups in total. The molecule has 3 atom stereocenters. The quantitative estimate of drug-likeness (QED) is 0.103. The Hall–Kier alpha value is -1.13. The van der Waals surface area contributed by atoms with Gasteiger partial charge in [0.25, 0.3) is 0 Å². The van der Waals surface area contributed by atoms with Gasteiger partial charge in [-0.25, -0.2) is 0 Å². The van der Waals surface area contributed by atoms with Crippen LogP contribution in [0.5, 0.6) is 0 Å². The highest BCUT2D eigenvalue weighted by atomic mass is 16.7. The zero-order valence-electron chi connectivity index (χ0n) is 23.1.